The van der Waals surface area contributed by atoms with Crippen molar-refractivity contribution in [1.29, 1.82) is 0 Å². The highest BCUT2D eigenvalue weighted by Gasteiger charge is 2.41. The molecule has 0 aliphatic heterocycles. The summed E-state index contributed by atoms with van der Waals surface area (Å²) in [5.74, 6) is 1.09. The SMILES string of the molecule is CCNc1nc(Cl)c(-c2cc3cc(OC)nc(C)c3o2)c(N[C@@H]2C[C@H](CO)[C@@H](O)[C@H]2O)n1. The Kier molecular flexibility index (Phi) is 6.38. The number of hydrogen-bond acceptors (Lipinski definition) is 10. The predicted molar refractivity (Wildman–Crippen MR) is 120 cm³/mol. The van der Waals surface area contributed by atoms with Gasteiger partial charge in [0.2, 0.25) is 11.8 Å². The van der Waals surface area contributed by atoms with E-state index in [2.05, 4.69) is 25.6 Å². The summed E-state index contributed by atoms with van der Waals surface area (Å²) in [5.41, 5.74) is 1.65. The summed E-state index contributed by atoms with van der Waals surface area (Å²) in [7, 11) is 1.54. The molecule has 3 heterocycles. The summed E-state index contributed by atoms with van der Waals surface area (Å²) in [6.07, 6.45) is -1.77. The summed E-state index contributed by atoms with van der Waals surface area (Å²) in [6, 6.07) is 3.01. The van der Waals surface area contributed by atoms with E-state index in [1.807, 2.05) is 13.8 Å². The Hall–Kier alpha value is -2.66. The molecule has 1 aliphatic rings. The van der Waals surface area contributed by atoms with E-state index in [9.17, 15) is 15.3 Å². The molecule has 32 heavy (non-hydrogen) atoms. The molecular formula is C21H26ClN5O5. The topological polar surface area (TPSA) is 146 Å². The van der Waals surface area contributed by atoms with Crippen molar-refractivity contribution >= 4 is 34.3 Å². The van der Waals surface area contributed by atoms with Crippen molar-refractivity contribution in [2.45, 2.75) is 38.5 Å². The van der Waals surface area contributed by atoms with Crippen molar-refractivity contribution in [1.82, 2.24) is 15.0 Å². The fraction of sp³-hybridized carbons (Fsp3) is 0.476. The Balaban J connectivity index is 1.80. The minimum absolute atomic E-state index is 0.154. The van der Waals surface area contributed by atoms with Crippen LogP contribution in [0.3, 0.4) is 0 Å². The van der Waals surface area contributed by atoms with Crippen molar-refractivity contribution < 1.29 is 24.5 Å². The van der Waals surface area contributed by atoms with Crippen LogP contribution in [0.4, 0.5) is 11.8 Å². The first kappa shape index (κ1) is 22.5. The fourth-order valence-electron chi connectivity index (χ4n) is 4.02. The number of pyridine rings is 1. The molecule has 4 rings (SSSR count). The monoisotopic (exact) mass is 463 g/mol. The molecule has 1 fully saturated rings. The zero-order valence-corrected chi connectivity index (χ0v) is 18.7. The maximum absolute atomic E-state index is 10.5. The van der Waals surface area contributed by atoms with E-state index in [-0.39, 0.29) is 11.8 Å². The van der Waals surface area contributed by atoms with Gasteiger partial charge in [-0.2, -0.15) is 4.98 Å². The molecule has 5 N–H and O–H groups in total. The zero-order valence-electron chi connectivity index (χ0n) is 18.0. The number of fused-ring (bicyclic) bond motifs is 1. The second kappa shape index (κ2) is 9.07. The van der Waals surface area contributed by atoms with Crippen LogP contribution in [0.1, 0.15) is 19.0 Å². The van der Waals surface area contributed by atoms with Crippen LogP contribution >= 0.6 is 11.6 Å². The molecule has 0 bridgehead atoms. The standard InChI is InChI=1S/C21H26ClN5O5/c1-4-23-21-26-19(22)15(13-6-10-7-14(31-3)24-9(2)18(10)32-13)20(27-21)25-12-5-11(8-28)16(29)17(12)30/h6-7,11-12,16-17,28-30H,4-5,8H2,1-3H3,(H2,23,25,26,27)/t11-,12-,16-,17+/m1/s1. The van der Waals surface area contributed by atoms with Crippen molar-refractivity contribution in [2.24, 2.45) is 5.92 Å². The highest BCUT2D eigenvalue weighted by Crippen LogP contribution is 2.39. The average Bonchev–Trinajstić information content (AvgIpc) is 3.30. The molecule has 0 spiro atoms. The quantitative estimate of drug-likeness (QED) is 0.330. The molecule has 172 valence electrons. The Morgan fingerprint density at radius 1 is 1.22 bits per heavy atom. The number of aliphatic hydroxyl groups excluding tert-OH is 3. The van der Waals surface area contributed by atoms with E-state index >= 15 is 0 Å². The van der Waals surface area contributed by atoms with Gasteiger partial charge in [0.25, 0.3) is 0 Å². The van der Waals surface area contributed by atoms with Crippen LogP contribution in [-0.4, -0.2) is 68.8 Å². The van der Waals surface area contributed by atoms with Gasteiger partial charge in [-0.15, -0.1) is 0 Å². The summed E-state index contributed by atoms with van der Waals surface area (Å²) in [6.45, 7) is 4.08. The van der Waals surface area contributed by atoms with Gasteiger partial charge in [0.15, 0.2) is 5.58 Å². The first-order valence-corrected chi connectivity index (χ1v) is 10.7. The number of hydrogen-bond donors (Lipinski definition) is 5. The predicted octanol–water partition coefficient (Wildman–Crippen LogP) is 2.20. The third-order valence-electron chi connectivity index (χ3n) is 5.66. The number of rotatable bonds is 7. The molecule has 3 aromatic rings. The lowest BCUT2D eigenvalue weighted by molar-refractivity contribution is 0.00446. The summed E-state index contributed by atoms with van der Waals surface area (Å²) in [5, 5.41) is 37.3. The largest absolute Gasteiger partial charge is 0.481 e. The zero-order chi connectivity index (χ0) is 23.0. The van der Waals surface area contributed by atoms with Crippen LogP contribution in [0.15, 0.2) is 16.5 Å². The van der Waals surface area contributed by atoms with E-state index in [4.69, 9.17) is 20.8 Å². The second-order valence-electron chi connectivity index (χ2n) is 7.78. The molecule has 3 aromatic heterocycles. The van der Waals surface area contributed by atoms with E-state index < -0.39 is 24.2 Å². The lowest BCUT2D eigenvalue weighted by Gasteiger charge is -2.20. The van der Waals surface area contributed by atoms with Crippen LogP contribution < -0.4 is 15.4 Å². The van der Waals surface area contributed by atoms with Crippen molar-refractivity contribution in [2.75, 3.05) is 30.9 Å². The minimum Gasteiger partial charge on any atom is -0.481 e. The van der Waals surface area contributed by atoms with Gasteiger partial charge in [-0.3, -0.25) is 0 Å². The number of aromatic nitrogens is 3. The maximum Gasteiger partial charge on any atom is 0.226 e. The Morgan fingerprint density at radius 2 is 2.00 bits per heavy atom. The van der Waals surface area contributed by atoms with Crippen LogP contribution in [0.5, 0.6) is 5.88 Å². The Morgan fingerprint density at radius 3 is 2.66 bits per heavy atom. The van der Waals surface area contributed by atoms with Gasteiger partial charge >= 0.3 is 0 Å². The van der Waals surface area contributed by atoms with Gasteiger partial charge in [-0.25, -0.2) is 9.97 Å². The van der Waals surface area contributed by atoms with Crippen LogP contribution in [0.2, 0.25) is 5.15 Å². The van der Waals surface area contributed by atoms with Crippen molar-refractivity contribution in [3.05, 3.63) is 23.0 Å². The number of nitrogens with zero attached hydrogens (tertiary/aromatic N) is 3. The number of anilines is 2. The number of nitrogens with one attached hydrogen (secondary N) is 2. The number of aryl methyl sites for hydroxylation is 1. The number of ether oxygens (including phenoxy) is 1. The molecule has 10 nitrogen and oxygen atoms in total. The van der Waals surface area contributed by atoms with Crippen molar-refractivity contribution in [3.8, 4) is 17.2 Å². The summed E-state index contributed by atoms with van der Waals surface area (Å²) in [4.78, 5) is 13.2. The molecule has 11 heteroatoms. The number of aliphatic hydroxyl groups is 3. The molecule has 0 amide bonds. The van der Waals surface area contributed by atoms with Gasteiger partial charge in [-0.1, -0.05) is 11.6 Å². The van der Waals surface area contributed by atoms with E-state index in [1.165, 1.54) is 0 Å². The Labute approximate surface area is 189 Å². The van der Waals surface area contributed by atoms with E-state index in [1.54, 1.807) is 19.2 Å². The highest BCUT2D eigenvalue weighted by molar-refractivity contribution is 6.32. The van der Waals surface area contributed by atoms with E-state index in [0.717, 1.165) is 5.39 Å². The molecule has 0 radical (unpaired) electrons. The van der Waals surface area contributed by atoms with Crippen molar-refractivity contribution in [3.63, 3.8) is 0 Å². The van der Waals surface area contributed by atoms with Gasteiger partial charge in [0, 0.05) is 30.5 Å². The molecule has 4 atom stereocenters. The van der Waals surface area contributed by atoms with Gasteiger partial charge in [0.05, 0.1) is 30.5 Å². The van der Waals surface area contributed by atoms with Gasteiger partial charge in [-0.05, 0) is 26.3 Å². The van der Waals surface area contributed by atoms with Gasteiger partial charge < -0.3 is 35.1 Å². The number of methoxy groups -OCH3 is 1. The molecule has 0 aromatic carbocycles. The average molecular weight is 464 g/mol. The lowest BCUT2D eigenvalue weighted by atomic mass is 10.1. The third-order valence-corrected chi connectivity index (χ3v) is 5.93. The summed E-state index contributed by atoms with van der Waals surface area (Å²) < 4.78 is 11.3. The fourth-order valence-corrected chi connectivity index (χ4v) is 4.28. The first-order chi connectivity index (χ1) is 15.4. The smallest absolute Gasteiger partial charge is 0.226 e. The first-order valence-electron chi connectivity index (χ1n) is 10.4. The van der Waals surface area contributed by atoms with Gasteiger partial charge in [0.1, 0.15) is 22.8 Å². The van der Waals surface area contributed by atoms with Crippen LogP contribution in [0, 0.1) is 12.8 Å². The summed E-state index contributed by atoms with van der Waals surface area (Å²) >= 11 is 6.55. The molecular weight excluding hydrogens is 438 g/mol. The highest BCUT2D eigenvalue weighted by atomic mass is 35.5. The van der Waals surface area contributed by atoms with E-state index in [0.29, 0.717) is 53.2 Å². The Bertz CT molecular complexity index is 1120. The molecule has 1 saturated carbocycles. The molecule has 0 unspecified atom stereocenters. The molecule has 1 aliphatic carbocycles. The third kappa shape index (κ3) is 4.06. The number of halogens is 1. The van der Waals surface area contributed by atoms with Crippen LogP contribution in [0.25, 0.3) is 22.3 Å². The maximum atomic E-state index is 10.5. The van der Waals surface area contributed by atoms with Crippen LogP contribution in [-0.2, 0) is 0 Å². The molecule has 0 saturated heterocycles. The normalized spacial score (nSPS) is 23.0. The number of furan rings is 1. The minimum atomic E-state index is -1.08. The second-order valence-corrected chi connectivity index (χ2v) is 8.14. The lowest BCUT2D eigenvalue weighted by Crippen LogP contribution is -2.35.